The number of likely N-dealkylation sites (tertiary alicyclic amines) is 1. The van der Waals surface area contributed by atoms with Crippen molar-refractivity contribution in [3.05, 3.63) is 0 Å². The SMILES string of the molecule is CC(C)CCCC1CCN(C(=O)C(C)CC(C)C=O)CC1. The molecule has 0 aromatic rings. The van der Waals surface area contributed by atoms with Crippen LogP contribution in [0, 0.1) is 23.7 Å². The lowest BCUT2D eigenvalue weighted by atomic mass is 9.89. The number of nitrogens with zero attached hydrogens (tertiary/aromatic N) is 1. The molecule has 21 heavy (non-hydrogen) atoms. The molecule has 122 valence electrons. The average molecular weight is 295 g/mol. The van der Waals surface area contributed by atoms with E-state index in [2.05, 4.69) is 13.8 Å². The predicted octanol–water partition coefficient (Wildman–Crippen LogP) is 3.91. The molecule has 1 rings (SSSR count). The molecule has 0 aromatic carbocycles. The summed E-state index contributed by atoms with van der Waals surface area (Å²) in [4.78, 5) is 25.1. The molecule has 0 spiro atoms. The molecule has 0 aliphatic carbocycles. The first kappa shape index (κ1) is 18.2. The van der Waals surface area contributed by atoms with E-state index in [0.29, 0.717) is 6.42 Å². The highest BCUT2D eigenvalue weighted by atomic mass is 16.2. The van der Waals surface area contributed by atoms with Crippen LogP contribution in [0.15, 0.2) is 0 Å². The van der Waals surface area contributed by atoms with Crippen LogP contribution in [0.1, 0.15) is 66.2 Å². The molecule has 1 fully saturated rings. The second-order valence-corrected chi connectivity index (χ2v) is 7.34. The summed E-state index contributed by atoms with van der Waals surface area (Å²) >= 11 is 0. The molecule has 3 heteroatoms. The van der Waals surface area contributed by atoms with Crippen molar-refractivity contribution in [3.63, 3.8) is 0 Å². The molecule has 1 heterocycles. The van der Waals surface area contributed by atoms with E-state index >= 15 is 0 Å². The van der Waals surface area contributed by atoms with Crippen LogP contribution in [-0.2, 0) is 9.59 Å². The van der Waals surface area contributed by atoms with Gasteiger partial charge < -0.3 is 9.69 Å². The number of rotatable bonds is 8. The van der Waals surface area contributed by atoms with E-state index in [1.807, 2.05) is 18.7 Å². The average Bonchev–Trinajstić information content (AvgIpc) is 2.46. The standard InChI is InChI=1S/C18H33NO2/c1-14(2)6-5-7-17-8-10-19(11-9-17)18(21)16(4)12-15(3)13-20/h13-17H,5-12H2,1-4H3. The van der Waals surface area contributed by atoms with Gasteiger partial charge in [0.25, 0.3) is 0 Å². The Morgan fingerprint density at radius 1 is 1.19 bits per heavy atom. The molecule has 1 aliphatic heterocycles. The molecular formula is C18H33NO2. The van der Waals surface area contributed by atoms with E-state index in [1.165, 1.54) is 19.3 Å². The quantitative estimate of drug-likeness (QED) is 0.637. The first-order valence-electron chi connectivity index (χ1n) is 8.68. The molecule has 0 saturated carbocycles. The third-order valence-corrected chi connectivity index (χ3v) is 4.70. The summed E-state index contributed by atoms with van der Waals surface area (Å²) in [5, 5.41) is 0. The zero-order chi connectivity index (χ0) is 15.8. The first-order valence-corrected chi connectivity index (χ1v) is 8.68. The van der Waals surface area contributed by atoms with Crippen molar-refractivity contribution < 1.29 is 9.59 Å². The number of aldehydes is 1. The van der Waals surface area contributed by atoms with Crippen molar-refractivity contribution in [2.24, 2.45) is 23.7 Å². The van der Waals surface area contributed by atoms with Crippen molar-refractivity contribution >= 4 is 12.2 Å². The molecular weight excluding hydrogens is 262 g/mol. The van der Waals surface area contributed by atoms with Gasteiger partial charge in [-0.05, 0) is 31.1 Å². The van der Waals surface area contributed by atoms with Crippen molar-refractivity contribution in [2.75, 3.05) is 13.1 Å². The Morgan fingerprint density at radius 2 is 1.81 bits per heavy atom. The number of hydrogen-bond acceptors (Lipinski definition) is 2. The molecule has 2 atom stereocenters. The van der Waals surface area contributed by atoms with Gasteiger partial charge in [-0.2, -0.15) is 0 Å². The van der Waals surface area contributed by atoms with Gasteiger partial charge >= 0.3 is 0 Å². The number of amides is 1. The van der Waals surface area contributed by atoms with Crippen molar-refractivity contribution in [1.29, 1.82) is 0 Å². The molecule has 1 saturated heterocycles. The minimum absolute atomic E-state index is 0.0162. The number of piperidine rings is 1. The van der Waals surface area contributed by atoms with Crippen LogP contribution < -0.4 is 0 Å². The molecule has 0 radical (unpaired) electrons. The Labute approximate surface area is 130 Å². The zero-order valence-electron chi connectivity index (χ0n) is 14.3. The van der Waals surface area contributed by atoms with E-state index in [1.54, 1.807) is 0 Å². The molecule has 1 amide bonds. The van der Waals surface area contributed by atoms with Crippen molar-refractivity contribution in [1.82, 2.24) is 4.90 Å². The summed E-state index contributed by atoms with van der Waals surface area (Å²) in [6.07, 6.45) is 7.89. The Hall–Kier alpha value is -0.860. The van der Waals surface area contributed by atoms with Crippen molar-refractivity contribution in [2.45, 2.75) is 66.2 Å². The Morgan fingerprint density at radius 3 is 2.33 bits per heavy atom. The summed E-state index contributed by atoms with van der Waals surface area (Å²) in [6, 6.07) is 0. The van der Waals surface area contributed by atoms with Gasteiger partial charge in [-0.15, -0.1) is 0 Å². The highest BCUT2D eigenvalue weighted by Gasteiger charge is 2.26. The van der Waals surface area contributed by atoms with Crippen LogP contribution in [-0.4, -0.2) is 30.2 Å². The topological polar surface area (TPSA) is 37.4 Å². The van der Waals surface area contributed by atoms with Gasteiger partial charge in [-0.3, -0.25) is 4.79 Å². The van der Waals surface area contributed by atoms with E-state index in [9.17, 15) is 9.59 Å². The van der Waals surface area contributed by atoms with Gasteiger partial charge in [0.15, 0.2) is 0 Å². The summed E-state index contributed by atoms with van der Waals surface area (Å²) in [5.41, 5.74) is 0. The van der Waals surface area contributed by atoms with Gasteiger partial charge in [0.1, 0.15) is 6.29 Å². The van der Waals surface area contributed by atoms with Crippen molar-refractivity contribution in [3.8, 4) is 0 Å². The summed E-state index contributed by atoms with van der Waals surface area (Å²) < 4.78 is 0. The minimum atomic E-state index is -0.0253. The lowest BCUT2D eigenvalue weighted by molar-refractivity contribution is -0.137. The van der Waals surface area contributed by atoms with E-state index in [0.717, 1.165) is 44.1 Å². The number of hydrogen-bond donors (Lipinski definition) is 0. The highest BCUT2D eigenvalue weighted by molar-refractivity contribution is 5.79. The zero-order valence-corrected chi connectivity index (χ0v) is 14.3. The molecule has 0 aromatic heterocycles. The van der Waals surface area contributed by atoms with Gasteiger partial charge in [0, 0.05) is 24.9 Å². The fraction of sp³-hybridized carbons (Fsp3) is 0.889. The van der Waals surface area contributed by atoms with Crippen LogP contribution >= 0.6 is 0 Å². The van der Waals surface area contributed by atoms with Gasteiger partial charge in [0.05, 0.1) is 0 Å². The fourth-order valence-electron chi connectivity index (χ4n) is 3.28. The normalized spacial score (nSPS) is 19.6. The minimum Gasteiger partial charge on any atom is -0.342 e. The van der Waals surface area contributed by atoms with Gasteiger partial charge in [-0.25, -0.2) is 0 Å². The maximum atomic E-state index is 12.4. The monoisotopic (exact) mass is 295 g/mol. The molecule has 3 nitrogen and oxygen atoms in total. The fourth-order valence-corrected chi connectivity index (χ4v) is 3.28. The maximum absolute atomic E-state index is 12.4. The summed E-state index contributed by atoms with van der Waals surface area (Å²) in [6.45, 7) is 10.2. The van der Waals surface area contributed by atoms with Crippen LogP contribution in [0.2, 0.25) is 0 Å². The molecule has 1 aliphatic rings. The van der Waals surface area contributed by atoms with Crippen LogP contribution in [0.5, 0.6) is 0 Å². The van der Waals surface area contributed by atoms with Crippen LogP contribution in [0.25, 0.3) is 0 Å². The highest BCUT2D eigenvalue weighted by Crippen LogP contribution is 2.25. The maximum Gasteiger partial charge on any atom is 0.225 e. The molecule has 0 bridgehead atoms. The Bertz CT molecular complexity index is 319. The smallest absolute Gasteiger partial charge is 0.225 e. The van der Waals surface area contributed by atoms with Crippen LogP contribution in [0.4, 0.5) is 0 Å². The second-order valence-electron chi connectivity index (χ2n) is 7.34. The molecule has 0 N–H and O–H groups in total. The lowest BCUT2D eigenvalue weighted by Gasteiger charge is -2.34. The second kappa shape index (κ2) is 9.22. The third-order valence-electron chi connectivity index (χ3n) is 4.70. The third kappa shape index (κ3) is 6.62. The number of carbonyl (C=O) groups is 2. The predicted molar refractivity (Wildman–Crippen MR) is 87.0 cm³/mol. The first-order chi connectivity index (χ1) is 9.93. The lowest BCUT2D eigenvalue weighted by Crippen LogP contribution is -2.41. The van der Waals surface area contributed by atoms with Gasteiger partial charge in [-0.1, -0.05) is 47.0 Å². The Balaban J connectivity index is 2.28. The Kier molecular flexibility index (Phi) is 7.98. The van der Waals surface area contributed by atoms with E-state index < -0.39 is 0 Å². The largest absolute Gasteiger partial charge is 0.342 e. The van der Waals surface area contributed by atoms with E-state index in [-0.39, 0.29) is 17.7 Å². The number of carbonyl (C=O) groups excluding carboxylic acids is 2. The van der Waals surface area contributed by atoms with Crippen LogP contribution in [0.3, 0.4) is 0 Å². The molecule has 2 unspecified atom stereocenters. The van der Waals surface area contributed by atoms with E-state index in [4.69, 9.17) is 0 Å². The summed E-state index contributed by atoms with van der Waals surface area (Å²) in [7, 11) is 0. The summed E-state index contributed by atoms with van der Waals surface area (Å²) in [5.74, 6) is 1.80. The van der Waals surface area contributed by atoms with Gasteiger partial charge in [0.2, 0.25) is 5.91 Å².